The summed E-state index contributed by atoms with van der Waals surface area (Å²) in [6.07, 6.45) is 1.72. The van der Waals surface area contributed by atoms with Crippen molar-refractivity contribution in [2.24, 2.45) is 0 Å². The Bertz CT molecular complexity index is 853. The molecule has 0 fully saturated rings. The highest BCUT2D eigenvalue weighted by atomic mass is 32.2. The smallest absolute Gasteiger partial charge is 0.243 e. The van der Waals surface area contributed by atoms with Gasteiger partial charge in [0.2, 0.25) is 15.9 Å². The molecule has 8 heteroatoms. The molecule has 1 amide bonds. The molecule has 0 unspecified atom stereocenters. The number of nitrogens with zero attached hydrogens (tertiary/aromatic N) is 1. The molecule has 0 radical (unpaired) electrons. The van der Waals surface area contributed by atoms with Crippen molar-refractivity contribution < 1.29 is 17.6 Å². The number of hydrogen-bond acceptors (Lipinski definition) is 4. The Balaban J connectivity index is 1.91. The minimum Gasteiger partial charge on any atom is -0.376 e. The van der Waals surface area contributed by atoms with Gasteiger partial charge in [0, 0.05) is 25.0 Å². The summed E-state index contributed by atoms with van der Waals surface area (Å²) < 4.78 is 39.1. The first kappa shape index (κ1) is 20.9. The molecule has 2 N–H and O–H groups in total. The van der Waals surface area contributed by atoms with E-state index >= 15 is 0 Å². The van der Waals surface area contributed by atoms with Crippen LogP contribution in [0.1, 0.15) is 19.8 Å². The number of carbonyl (C=O) groups is 1. The molecule has 0 aromatic heterocycles. The van der Waals surface area contributed by atoms with Crippen LogP contribution in [0.3, 0.4) is 0 Å². The van der Waals surface area contributed by atoms with Crippen molar-refractivity contribution in [3.8, 4) is 0 Å². The van der Waals surface area contributed by atoms with Gasteiger partial charge in [-0.15, -0.1) is 0 Å². The third-order valence-electron chi connectivity index (χ3n) is 3.97. The minimum absolute atomic E-state index is 0.000123. The number of carbonyl (C=O) groups excluding carboxylic acids is 1. The standard InChI is InChI=1S/C19H24FN3O3S/c1-3-4-13-23(2)27(25,26)18-11-9-16(10-12-18)21-14-19(24)22-17-7-5-15(20)6-8-17/h5-12,21H,3-4,13-14H2,1-2H3,(H,22,24). The highest BCUT2D eigenvalue weighted by Gasteiger charge is 2.19. The molecule has 27 heavy (non-hydrogen) atoms. The van der Waals surface area contributed by atoms with Crippen molar-refractivity contribution in [2.45, 2.75) is 24.7 Å². The summed E-state index contributed by atoms with van der Waals surface area (Å²) >= 11 is 0. The fourth-order valence-corrected chi connectivity index (χ4v) is 3.56. The fraction of sp³-hybridized carbons (Fsp3) is 0.316. The quantitative estimate of drug-likeness (QED) is 0.685. The van der Waals surface area contributed by atoms with Gasteiger partial charge in [0.1, 0.15) is 5.82 Å². The Hall–Kier alpha value is -2.45. The number of rotatable bonds is 9. The second-order valence-electron chi connectivity index (χ2n) is 6.11. The van der Waals surface area contributed by atoms with Gasteiger partial charge in [-0.1, -0.05) is 13.3 Å². The number of amides is 1. The van der Waals surface area contributed by atoms with Gasteiger partial charge in [-0.25, -0.2) is 17.1 Å². The van der Waals surface area contributed by atoms with Gasteiger partial charge < -0.3 is 10.6 Å². The third-order valence-corrected chi connectivity index (χ3v) is 5.84. The van der Waals surface area contributed by atoms with E-state index < -0.39 is 10.0 Å². The summed E-state index contributed by atoms with van der Waals surface area (Å²) in [4.78, 5) is 12.1. The molecule has 0 aliphatic heterocycles. The normalized spacial score (nSPS) is 11.4. The van der Waals surface area contributed by atoms with Crippen LogP contribution in [0.5, 0.6) is 0 Å². The maximum Gasteiger partial charge on any atom is 0.243 e. The summed E-state index contributed by atoms with van der Waals surface area (Å²) in [6.45, 7) is 2.48. The van der Waals surface area contributed by atoms with E-state index in [2.05, 4.69) is 10.6 Å². The predicted octanol–water partition coefficient (Wildman–Crippen LogP) is 3.30. The van der Waals surface area contributed by atoms with Crippen molar-refractivity contribution in [3.05, 3.63) is 54.3 Å². The summed E-state index contributed by atoms with van der Waals surface area (Å²) in [7, 11) is -1.94. The first-order valence-electron chi connectivity index (χ1n) is 8.68. The van der Waals surface area contributed by atoms with E-state index in [1.54, 1.807) is 19.2 Å². The van der Waals surface area contributed by atoms with Crippen molar-refractivity contribution in [1.29, 1.82) is 0 Å². The molecule has 0 saturated heterocycles. The molecular weight excluding hydrogens is 369 g/mol. The Morgan fingerprint density at radius 1 is 1.04 bits per heavy atom. The van der Waals surface area contributed by atoms with Gasteiger partial charge in [-0.2, -0.15) is 0 Å². The van der Waals surface area contributed by atoms with E-state index in [-0.39, 0.29) is 23.2 Å². The molecule has 146 valence electrons. The molecule has 0 heterocycles. The Kier molecular flexibility index (Phi) is 7.32. The monoisotopic (exact) mass is 393 g/mol. The van der Waals surface area contributed by atoms with E-state index in [1.807, 2.05) is 6.92 Å². The minimum atomic E-state index is -3.51. The van der Waals surface area contributed by atoms with E-state index in [9.17, 15) is 17.6 Å². The zero-order valence-electron chi connectivity index (χ0n) is 15.4. The van der Waals surface area contributed by atoms with E-state index in [4.69, 9.17) is 0 Å². The van der Waals surface area contributed by atoms with Crippen molar-refractivity contribution >= 4 is 27.3 Å². The van der Waals surface area contributed by atoms with Crippen molar-refractivity contribution in [2.75, 3.05) is 30.8 Å². The molecule has 0 bridgehead atoms. The molecule has 0 saturated carbocycles. The predicted molar refractivity (Wildman–Crippen MR) is 105 cm³/mol. The van der Waals surface area contributed by atoms with Crippen LogP contribution < -0.4 is 10.6 Å². The number of unbranched alkanes of at least 4 members (excludes halogenated alkanes) is 1. The van der Waals surface area contributed by atoms with Crippen LogP contribution in [-0.4, -0.2) is 38.8 Å². The second kappa shape index (κ2) is 9.48. The number of nitrogens with one attached hydrogen (secondary N) is 2. The van der Waals surface area contributed by atoms with Gasteiger partial charge in [0.05, 0.1) is 11.4 Å². The van der Waals surface area contributed by atoms with Crippen LogP contribution >= 0.6 is 0 Å². The summed E-state index contributed by atoms with van der Waals surface area (Å²) in [5.74, 6) is -0.667. The summed E-state index contributed by atoms with van der Waals surface area (Å²) in [6, 6.07) is 11.7. The molecule has 6 nitrogen and oxygen atoms in total. The number of hydrogen-bond donors (Lipinski definition) is 2. The van der Waals surface area contributed by atoms with Gasteiger partial charge in [0.15, 0.2) is 0 Å². The van der Waals surface area contributed by atoms with Crippen molar-refractivity contribution in [3.63, 3.8) is 0 Å². The lowest BCUT2D eigenvalue weighted by Crippen LogP contribution is -2.27. The van der Waals surface area contributed by atoms with Crippen molar-refractivity contribution in [1.82, 2.24) is 4.31 Å². The van der Waals surface area contributed by atoms with Crippen LogP contribution in [0.4, 0.5) is 15.8 Å². The number of benzene rings is 2. The van der Waals surface area contributed by atoms with E-state index in [0.29, 0.717) is 17.9 Å². The van der Waals surface area contributed by atoms with E-state index in [1.165, 1.54) is 40.7 Å². The zero-order chi connectivity index (χ0) is 19.9. The van der Waals surface area contributed by atoms with E-state index in [0.717, 1.165) is 12.8 Å². The molecule has 0 atom stereocenters. The lowest BCUT2D eigenvalue weighted by molar-refractivity contribution is -0.114. The van der Waals surface area contributed by atoms with Crippen LogP contribution in [0.15, 0.2) is 53.4 Å². The maximum atomic E-state index is 12.9. The zero-order valence-corrected chi connectivity index (χ0v) is 16.2. The van der Waals surface area contributed by atoms with Crippen LogP contribution in [-0.2, 0) is 14.8 Å². The van der Waals surface area contributed by atoms with Crippen LogP contribution in [0, 0.1) is 5.82 Å². The lowest BCUT2D eigenvalue weighted by atomic mass is 10.3. The largest absolute Gasteiger partial charge is 0.376 e. The maximum absolute atomic E-state index is 12.9. The highest BCUT2D eigenvalue weighted by Crippen LogP contribution is 2.18. The van der Waals surface area contributed by atoms with Gasteiger partial charge >= 0.3 is 0 Å². The first-order chi connectivity index (χ1) is 12.8. The van der Waals surface area contributed by atoms with Gasteiger partial charge in [-0.3, -0.25) is 4.79 Å². The number of anilines is 2. The Morgan fingerprint density at radius 3 is 2.22 bits per heavy atom. The lowest BCUT2D eigenvalue weighted by Gasteiger charge is -2.17. The summed E-state index contributed by atoms with van der Waals surface area (Å²) in [5, 5.41) is 5.56. The average Bonchev–Trinajstić information content (AvgIpc) is 2.66. The molecule has 0 aliphatic carbocycles. The Morgan fingerprint density at radius 2 is 1.63 bits per heavy atom. The fourth-order valence-electron chi connectivity index (χ4n) is 2.35. The SMILES string of the molecule is CCCCN(C)S(=O)(=O)c1ccc(NCC(=O)Nc2ccc(F)cc2)cc1. The molecule has 2 rings (SSSR count). The number of sulfonamides is 1. The molecule has 2 aromatic rings. The van der Waals surface area contributed by atoms with Gasteiger partial charge in [0.25, 0.3) is 0 Å². The molecule has 0 spiro atoms. The van der Waals surface area contributed by atoms with Gasteiger partial charge in [-0.05, 0) is 55.0 Å². The Labute approximate surface area is 159 Å². The topological polar surface area (TPSA) is 78.5 Å². The molecule has 0 aliphatic rings. The third kappa shape index (κ3) is 6.04. The first-order valence-corrected chi connectivity index (χ1v) is 10.1. The molecular formula is C19H24FN3O3S. The average molecular weight is 393 g/mol. The molecule has 2 aromatic carbocycles. The highest BCUT2D eigenvalue weighted by molar-refractivity contribution is 7.89. The van der Waals surface area contributed by atoms with Crippen LogP contribution in [0.2, 0.25) is 0 Å². The number of halogens is 1. The summed E-state index contributed by atoms with van der Waals surface area (Å²) in [5.41, 5.74) is 1.12. The second-order valence-corrected chi connectivity index (χ2v) is 8.16. The van der Waals surface area contributed by atoms with Crippen LogP contribution in [0.25, 0.3) is 0 Å².